The monoisotopic (exact) mass is 476 g/mol. The van der Waals surface area contributed by atoms with Gasteiger partial charge in [0.1, 0.15) is 17.2 Å². The second-order valence-corrected chi connectivity index (χ2v) is 9.86. The standard InChI is InChI=1S/C25H34F2N4O3/c1-3-11-25(23(33)31(24(34)28-25)15-10-19-5-4-12-29(19)2)17-8-13-30(14-9-17)22(32)20-7-6-18(26)16-21(20)27/h6-7,16-17,19H,3-5,8-15H2,1-2H3,(H,28,34). The molecule has 0 bridgehead atoms. The van der Waals surface area contributed by atoms with Crippen molar-refractivity contribution in [2.45, 2.75) is 63.5 Å². The third kappa shape index (κ3) is 4.54. The van der Waals surface area contributed by atoms with E-state index in [0.717, 1.165) is 44.4 Å². The minimum absolute atomic E-state index is 0.106. The first-order chi connectivity index (χ1) is 16.3. The number of rotatable bonds is 7. The van der Waals surface area contributed by atoms with E-state index in [1.807, 2.05) is 6.92 Å². The molecule has 4 rings (SSSR count). The Bertz CT molecular complexity index is 950. The van der Waals surface area contributed by atoms with Crippen LogP contribution in [-0.2, 0) is 4.79 Å². The van der Waals surface area contributed by atoms with Crippen LogP contribution in [0.15, 0.2) is 18.2 Å². The number of amides is 4. The Labute approximate surface area is 199 Å². The van der Waals surface area contributed by atoms with Gasteiger partial charge in [0.15, 0.2) is 0 Å². The molecule has 3 aliphatic rings. The predicted molar refractivity (Wildman–Crippen MR) is 123 cm³/mol. The normalized spacial score (nSPS) is 26.4. The van der Waals surface area contributed by atoms with Crippen molar-refractivity contribution in [1.29, 1.82) is 0 Å². The third-order valence-corrected chi connectivity index (χ3v) is 7.84. The van der Waals surface area contributed by atoms with E-state index >= 15 is 0 Å². The molecule has 1 aromatic carbocycles. The van der Waals surface area contributed by atoms with E-state index in [2.05, 4.69) is 17.3 Å². The quantitative estimate of drug-likeness (QED) is 0.613. The fourth-order valence-electron chi connectivity index (χ4n) is 5.92. The minimum atomic E-state index is -0.955. The number of carbonyl (C=O) groups is 3. The Kier molecular flexibility index (Phi) is 7.21. The second kappa shape index (κ2) is 9.98. The highest BCUT2D eigenvalue weighted by molar-refractivity contribution is 6.07. The Balaban J connectivity index is 1.42. The maximum absolute atomic E-state index is 14.1. The molecule has 4 amide bonds. The predicted octanol–water partition coefficient (Wildman–Crippen LogP) is 3.39. The van der Waals surface area contributed by atoms with Gasteiger partial charge in [0.2, 0.25) is 0 Å². The Morgan fingerprint density at radius 2 is 1.88 bits per heavy atom. The van der Waals surface area contributed by atoms with Gasteiger partial charge >= 0.3 is 6.03 Å². The Morgan fingerprint density at radius 3 is 2.50 bits per heavy atom. The molecule has 2 atom stereocenters. The van der Waals surface area contributed by atoms with E-state index in [1.54, 1.807) is 4.90 Å². The smallest absolute Gasteiger partial charge is 0.325 e. The van der Waals surface area contributed by atoms with Crippen LogP contribution in [-0.4, -0.2) is 77.4 Å². The number of hydrogen-bond donors (Lipinski definition) is 1. The van der Waals surface area contributed by atoms with E-state index in [-0.39, 0.29) is 23.4 Å². The van der Waals surface area contributed by atoms with Crippen molar-refractivity contribution >= 4 is 17.8 Å². The first-order valence-corrected chi connectivity index (χ1v) is 12.4. The molecular weight excluding hydrogens is 442 g/mol. The van der Waals surface area contributed by atoms with Crippen LogP contribution in [0.25, 0.3) is 0 Å². The summed E-state index contributed by atoms with van der Waals surface area (Å²) in [7, 11) is 2.08. The van der Waals surface area contributed by atoms with Crippen LogP contribution in [0.4, 0.5) is 13.6 Å². The Morgan fingerprint density at radius 1 is 1.15 bits per heavy atom. The van der Waals surface area contributed by atoms with Gasteiger partial charge < -0.3 is 15.1 Å². The number of carbonyl (C=O) groups excluding carboxylic acids is 3. The number of imide groups is 1. The van der Waals surface area contributed by atoms with Crippen LogP contribution < -0.4 is 5.32 Å². The summed E-state index contributed by atoms with van der Waals surface area (Å²) in [5, 5.41) is 3.03. The van der Waals surface area contributed by atoms with Crippen molar-refractivity contribution in [3.8, 4) is 0 Å². The van der Waals surface area contributed by atoms with Gasteiger partial charge in [-0.15, -0.1) is 0 Å². The molecule has 0 saturated carbocycles. The molecular formula is C25H34F2N4O3. The van der Waals surface area contributed by atoms with Gasteiger partial charge in [0, 0.05) is 31.7 Å². The average Bonchev–Trinajstić information content (AvgIpc) is 3.32. The zero-order valence-electron chi connectivity index (χ0n) is 20.0. The molecule has 0 spiro atoms. The molecule has 1 N–H and O–H groups in total. The summed E-state index contributed by atoms with van der Waals surface area (Å²) in [5.74, 6) is -2.35. The number of nitrogens with zero attached hydrogens (tertiary/aromatic N) is 3. The van der Waals surface area contributed by atoms with Crippen LogP contribution in [0, 0.1) is 17.6 Å². The van der Waals surface area contributed by atoms with E-state index in [1.165, 1.54) is 4.90 Å². The number of hydrogen-bond acceptors (Lipinski definition) is 4. The molecule has 3 saturated heterocycles. The summed E-state index contributed by atoms with van der Waals surface area (Å²) in [5.41, 5.74) is -1.11. The zero-order valence-corrected chi connectivity index (χ0v) is 20.0. The molecule has 0 aromatic heterocycles. The molecule has 3 aliphatic heterocycles. The average molecular weight is 477 g/mol. The van der Waals surface area contributed by atoms with Crippen molar-refractivity contribution in [1.82, 2.24) is 20.0 Å². The van der Waals surface area contributed by atoms with E-state index in [4.69, 9.17) is 0 Å². The van der Waals surface area contributed by atoms with Crippen molar-refractivity contribution in [3.05, 3.63) is 35.4 Å². The number of urea groups is 1. The summed E-state index contributed by atoms with van der Waals surface area (Å²) in [6, 6.07) is 3.01. The van der Waals surface area contributed by atoms with Crippen molar-refractivity contribution in [2.24, 2.45) is 5.92 Å². The van der Waals surface area contributed by atoms with Gasteiger partial charge in [-0.05, 0) is 70.2 Å². The van der Waals surface area contributed by atoms with E-state index in [0.29, 0.717) is 51.0 Å². The van der Waals surface area contributed by atoms with E-state index < -0.39 is 23.1 Å². The SMILES string of the molecule is CCCC1(C2CCN(C(=O)c3ccc(F)cc3F)CC2)NC(=O)N(CCC2CCCN2C)C1=O. The lowest BCUT2D eigenvalue weighted by Gasteiger charge is -2.41. The summed E-state index contributed by atoms with van der Waals surface area (Å²) in [4.78, 5) is 44.5. The molecule has 9 heteroatoms. The summed E-state index contributed by atoms with van der Waals surface area (Å²) < 4.78 is 27.3. The van der Waals surface area contributed by atoms with Gasteiger partial charge in [-0.1, -0.05) is 13.3 Å². The molecule has 0 aliphatic carbocycles. The number of nitrogens with one attached hydrogen (secondary N) is 1. The first kappa shape index (κ1) is 24.6. The second-order valence-electron chi connectivity index (χ2n) is 9.86. The topological polar surface area (TPSA) is 73.0 Å². The number of piperidine rings is 1. The summed E-state index contributed by atoms with van der Waals surface area (Å²) in [6.07, 6.45) is 5.34. The fourth-order valence-corrected chi connectivity index (χ4v) is 5.92. The highest BCUT2D eigenvalue weighted by atomic mass is 19.1. The van der Waals surface area contributed by atoms with Crippen LogP contribution in [0.5, 0.6) is 0 Å². The van der Waals surface area contributed by atoms with Crippen LogP contribution in [0.3, 0.4) is 0 Å². The highest BCUT2D eigenvalue weighted by Gasteiger charge is 2.55. The minimum Gasteiger partial charge on any atom is -0.339 e. The van der Waals surface area contributed by atoms with Crippen LogP contribution >= 0.6 is 0 Å². The largest absolute Gasteiger partial charge is 0.339 e. The molecule has 1 aromatic rings. The lowest BCUT2D eigenvalue weighted by Crippen LogP contribution is -2.56. The van der Waals surface area contributed by atoms with Crippen molar-refractivity contribution < 1.29 is 23.2 Å². The maximum atomic E-state index is 14.1. The van der Waals surface area contributed by atoms with Gasteiger partial charge in [-0.3, -0.25) is 14.5 Å². The molecule has 186 valence electrons. The molecule has 34 heavy (non-hydrogen) atoms. The molecule has 2 unspecified atom stereocenters. The van der Waals surface area contributed by atoms with Crippen LogP contribution in [0.1, 0.15) is 62.2 Å². The molecule has 3 heterocycles. The summed E-state index contributed by atoms with van der Waals surface area (Å²) in [6.45, 7) is 4.15. The molecule has 3 fully saturated rings. The number of halogens is 2. The molecule has 0 radical (unpaired) electrons. The fraction of sp³-hybridized carbons (Fsp3) is 0.640. The Hall–Kier alpha value is -2.55. The van der Waals surface area contributed by atoms with Gasteiger partial charge in [-0.2, -0.15) is 0 Å². The molecule has 7 nitrogen and oxygen atoms in total. The van der Waals surface area contributed by atoms with E-state index in [9.17, 15) is 23.2 Å². The van der Waals surface area contributed by atoms with Crippen LogP contribution in [0.2, 0.25) is 0 Å². The van der Waals surface area contributed by atoms with Crippen molar-refractivity contribution in [3.63, 3.8) is 0 Å². The first-order valence-electron chi connectivity index (χ1n) is 12.4. The lowest BCUT2D eigenvalue weighted by atomic mass is 9.74. The highest BCUT2D eigenvalue weighted by Crippen LogP contribution is 2.37. The maximum Gasteiger partial charge on any atom is 0.325 e. The van der Waals surface area contributed by atoms with Crippen molar-refractivity contribution in [2.75, 3.05) is 33.2 Å². The van der Waals surface area contributed by atoms with Gasteiger partial charge in [0.05, 0.1) is 5.56 Å². The summed E-state index contributed by atoms with van der Waals surface area (Å²) >= 11 is 0. The third-order valence-electron chi connectivity index (χ3n) is 7.84. The lowest BCUT2D eigenvalue weighted by molar-refractivity contribution is -0.134. The number of likely N-dealkylation sites (tertiary alicyclic amines) is 2. The van der Waals surface area contributed by atoms with Gasteiger partial charge in [0.25, 0.3) is 11.8 Å². The van der Waals surface area contributed by atoms with Gasteiger partial charge in [-0.25, -0.2) is 13.6 Å². The number of benzene rings is 1. The zero-order chi connectivity index (χ0) is 24.5.